The van der Waals surface area contributed by atoms with Gasteiger partial charge < -0.3 is 15.1 Å². The average Bonchev–Trinajstić information content (AvgIpc) is 2.80. The van der Waals surface area contributed by atoms with Gasteiger partial charge in [0.25, 0.3) is 0 Å². The SMILES string of the molecule is Cc1cccc(CN2CCC3(CC2)C(=O)N(CC#N)CCN3C)n1.O=C(O)C(F)(F)F.O=C(O)C(F)(F)F. The number of carbonyl (C=O) groups is 3. The number of hydrogen-bond acceptors (Lipinski definition) is 7. The number of pyridine rings is 1. The molecule has 2 fully saturated rings. The second-order valence-corrected chi connectivity index (χ2v) is 8.49. The van der Waals surface area contributed by atoms with Gasteiger partial charge in [0.15, 0.2) is 0 Å². The Labute approximate surface area is 214 Å². The molecule has 16 heteroatoms. The molecule has 3 heterocycles. The van der Waals surface area contributed by atoms with Crippen molar-refractivity contribution in [3.63, 3.8) is 0 Å². The van der Waals surface area contributed by atoms with Crippen molar-refractivity contribution in [3.8, 4) is 6.07 Å². The minimum absolute atomic E-state index is 0.131. The molecule has 38 heavy (non-hydrogen) atoms. The smallest absolute Gasteiger partial charge is 0.475 e. The molecular formula is C22H27F6N5O5. The lowest BCUT2D eigenvalue weighted by Gasteiger charge is -2.51. The first-order chi connectivity index (χ1) is 17.4. The number of aliphatic carboxylic acids is 2. The number of alkyl halides is 6. The first-order valence-corrected chi connectivity index (χ1v) is 11.1. The number of halogens is 6. The van der Waals surface area contributed by atoms with Gasteiger partial charge in [-0.3, -0.25) is 19.6 Å². The Morgan fingerprint density at radius 3 is 1.95 bits per heavy atom. The Balaban J connectivity index is 0.000000426. The van der Waals surface area contributed by atoms with Crippen molar-refractivity contribution in [1.82, 2.24) is 19.7 Å². The number of piperidine rings is 1. The summed E-state index contributed by atoms with van der Waals surface area (Å²) in [5.41, 5.74) is 1.70. The number of hydrogen-bond donors (Lipinski definition) is 2. The standard InChI is InChI=1S/C18H25N5O.2C2HF3O2/c1-15-4-3-5-16(20-15)14-22-9-6-18(7-10-22)17(24)23(11-8-19)13-12-21(18)2;2*3-2(4,5)1(6)7/h3-5H,6-7,9-14H2,1-2H3;2*(H,6,7). The first kappa shape index (κ1) is 32.6. The normalized spacial score (nSPS) is 18.0. The molecule has 2 saturated heterocycles. The van der Waals surface area contributed by atoms with Crippen LogP contribution in [0.15, 0.2) is 18.2 Å². The molecule has 1 spiro atoms. The number of nitrogens with zero attached hydrogens (tertiary/aromatic N) is 5. The van der Waals surface area contributed by atoms with Crippen LogP contribution in [-0.4, -0.2) is 105 Å². The monoisotopic (exact) mass is 555 g/mol. The van der Waals surface area contributed by atoms with Gasteiger partial charge in [0, 0.05) is 38.4 Å². The summed E-state index contributed by atoms with van der Waals surface area (Å²) in [6.45, 7) is 6.30. The van der Waals surface area contributed by atoms with Crippen LogP contribution in [0.25, 0.3) is 0 Å². The van der Waals surface area contributed by atoms with Crippen molar-refractivity contribution in [1.29, 1.82) is 5.26 Å². The van der Waals surface area contributed by atoms with Crippen molar-refractivity contribution >= 4 is 17.8 Å². The molecule has 1 aromatic rings. The van der Waals surface area contributed by atoms with Crippen LogP contribution in [0.2, 0.25) is 0 Å². The lowest BCUT2D eigenvalue weighted by atomic mass is 9.82. The number of aryl methyl sites for hydroxylation is 1. The summed E-state index contributed by atoms with van der Waals surface area (Å²) in [6, 6.07) is 8.23. The van der Waals surface area contributed by atoms with Gasteiger partial charge in [0.2, 0.25) is 5.91 Å². The molecule has 3 rings (SSSR count). The third kappa shape index (κ3) is 9.45. The minimum atomic E-state index is -5.08. The zero-order chi connectivity index (χ0) is 29.3. The minimum Gasteiger partial charge on any atom is -0.475 e. The van der Waals surface area contributed by atoms with E-state index >= 15 is 0 Å². The van der Waals surface area contributed by atoms with E-state index in [1.54, 1.807) is 4.90 Å². The molecule has 0 bridgehead atoms. The highest BCUT2D eigenvalue weighted by molar-refractivity contribution is 5.87. The third-order valence-electron chi connectivity index (χ3n) is 5.88. The maximum absolute atomic E-state index is 12.9. The molecule has 0 atom stereocenters. The number of aromatic nitrogens is 1. The van der Waals surface area contributed by atoms with E-state index in [2.05, 4.69) is 26.9 Å². The van der Waals surface area contributed by atoms with E-state index in [1.807, 2.05) is 26.1 Å². The van der Waals surface area contributed by atoms with Gasteiger partial charge >= 0.3 is 24.3 Å². The molecular weight excluding hydrogens is 528 g/mol. The number of carbonyl (C=O) groups excluding carboxylic acids is 1. The summed E-state index contributed by atoms with van der Waals surface area (Å²) in [7, 11) is 2.04. The Kier molecular flexibility index (Phi) is 11.5. The van der Waals surface area contributed by atoms with Crippen LogP contribution in [-0.2, 0) is 20.9 Å². The molecule has 2 aliphatic rings. The summed E-state index contributed by atoms with van der Waals surface area (Å²) in [6.07, 6.45) is -8.54. The first-order valence-electron chi connectivity index (χ1n) is 11.1. The predicted octanol–water partition coefficient (Wildman–Crippen LogP) is 2.29. The topological polar surface area (TPSA) is 138 Å². The zero-order valence-electron chi connectivity index (χ0n) is 20.5. The lowest BCUT2D eigenvalue weighted by molar-refractivity contribution is -0.193. The van der Waals surface area contributed by atoms with Gasteiger partial charge in [-0.05, 0) is 38.9 Å². The number of amides is 1. The molecule has 10 nitrogen and oxygen atoms in total. The molecule has 0 radical (unpaired) electrons. The van der Waals surface area contributed by atoms with Crippen molar-refractivity contribution in [3.05, 3.63) is 29.6 Å². The van der Waals surface area contributed by atoms with E-state index in [1.165, 1.54) is 0 Å². The second-order valence-electron chi connectivity index (χ2n) is 8.49. The predicted molar refractivity (Wildman–Crippen MR) is 118 cm³/mol. The second kappa shape index (κ2) is 13.4. The van der Waals surface area contributed by atoms with E-state index in [-0.39, 0.29) is 12.5 Å². The van der Waals surface area contributed by atoms with Gasteiger partial charge in [0.05, 0.1) is 11.8 Å². The van der Waals surface area contributed by atoms with E-state index in [0.29, 0.717) is 6.54 Å². The van der Waals surface area contributed by atoms with Gasteiger partial charge in [-0.1, -0.05) is 6.07 Å². The van der Waals surface area contributed by atoms with Crippen LogP contribution in [0, 0.1) is 18.3 Å². The Hall–Kier alpha value is -3.45. The third-order valence-corrected chi connectivity index (χ3v) is 5.88. The summed E-state index contributed by atoms with van der Waals surface area (Å²) < 4.78 is 63.5. The van der Waals surface area contributed by atoms with E-state index < -0.39 is 29.8 Å². The van der Waals surface area contributed by atoms with Crippen molar-refractivity contribution in [2.45, 2.75) is 44.2 Å². The van der Waals surface area contributed by atoms with Gasteiger partial charge in [-0.15, -0.1) is 0 Å². The fourth-order valence-electron chi connectivity index (χ4n) is 3.87. The fourth-order valence-corrected chi connectivity index (χ4v) is 3.87. The van der Waals surface area contributed by atoms with Crippen LogP contribution >= 0.6 is 0 Å². The zero-order valence-corrected chi connectivity index (χ0v) is 20.5. The summed E-state index contributed by atoms with van der Waals surface area (Å²) in [4.78, 5) is 41.6. The van der Waals surface area contributed by atoms with E-state index in [9.17, 15) is 31.1 Å². The maximum Gasteiger partial charge on any atom is 0.490 e. The molecule has 0 unspecified atom stereocenters. The number of nitriles is 1. The van der Waals surface area contributed by atoms with Crippen molar-refractivity contribution < 1.29 is 50.9 Å². The molecule has 1 amide bonds. The molecule has 0 aromatic carbocycles. The number of carboxylic acid groups (broad SMARTS) is 2. The Morgan fingerprint density at radius 2 is 1.53 bits per heavy atom. The molecule has 2 aliphatic heterocycles. The van der Waals surface area contributed by atoms with Crippen LogP contribution in [0.4, 0.5) is 26.3 Å². The molecule has 212 valence electrons. The number of carboxylic acids is 2. The summed E-state index contributed by atoms with van der Waals surface area (Å²) in [5, 5.41) is 23.2. The Bertz CT molecular complexity index is 995. The number of piperazine rings is 1. The fraction of sp³-hybridized carbons (Fsp3) is 0.591. The highest BCUT2D eigenvalue weighted by atomic mass is 19.4. The van der Waals surface area contributed by atoms with E-state index in [0.717, 1.165) is 50.4 Å². The molecule has 0 aliphatic carbocycles. The summed E-state index contributed by atoms with van der Waals surface area (Å²) >= 11 is 0. The summed E-state index contributed by atoms with van der Waals surface area (Å²) in [5.74, 6) is -5.38. The van der Waals surface area contributed by atoms with Crippen LogP contribution in [0.1, 0.15) is 24.2 Å². The number of likely N-dealkylation sites (tertiary alicyclic amines) is 1. The highest BCUT2D eigenvalue weighted by Crippen LogP contribution is 2.33. The van der Waals surface area contributed by atoms with Crippen molar-refractivity contribution in [2.75, 3.05) is 39.8 Å². The van der Waals surface area contributed by atoms with Gasteiger partial charge in [-0.25, -0.2) is 9.59 Å². The largest absolute Gasteiger partial charge is 0.490 e. The van der Waals surface area contributed by atoms with Crippen LogP contribution < -0.4 is 0 Å². The van der Waals surface area contributed by atoms with Crippen molar-refractivity contribution in [2.24, 2.45) is 0 Å². The van der Waals surface area contributed by atoms with Gasteiger partial charge in [0.1, 0.15) is 12.1 Å². The number of likely N-dealkylation sites (N-methyl/N-ethyl adjacent to an activating group) is 1. The Morgan fingerprint density at radius 1 is 1.03 bits per heavy atom. The van der Waals surface area contributed by atoms with Crippen LogP contribution in [0.5, 0.6) is 0 Å². The lowest BCUT2D eigenvalue weighted by Crippen LogP contribution is -2.67. The molecule has 1 aromatic heterocycles. The number of rotatable bonds is 3. The highest BCUT2D eigenvalue weighted by Gasteiger charge is 2.49. The molecule has 2 N–H and O–H groups in total. The van der Waals surface area contributed by atoms with E-state index in [4.69, 9.17) is 25.1 Å². The maximum atomic E-state index is 12.9. The quantitative estimate of drug-likeness (QED) is 0.425. The molecule has 0 saturated carbocycles. The average molecular weight is 555 g/mol. The van der Waals surface area contributed by atoms with Crippen LogP contribution in [0.3, 0.4) is 0 Å². The van der Waals surface area contributed by atoms with Gasteiger partial charge in [-0.2, -0.15) is 31.6 Å².